The molecule has 17 heavy (non-hydrogen) atoms. The summed E-state index contributed by atoms with van der Waals surface area (Å²) in [6.45, 7) is 6.30. The summed E-state index contributed by atoms with van der Waals surface area (Å²) in [6, 6.07) is 7.56. The number of hydrogen-bond acceptors (Lipinski definition) is 4. The molecule has 0 radical (unpaired) electrons. The van der Waals surface area contributed by atoms with Gasteiger partial charge in [0.2, 0.25) is 0 Å². The van der Waals surface area contributed by atoms with Crippen molar-refractivity contribution < 1.29 is 14.3 Å². The molecule has 0 aliphatic rings. The van der Waals surface area contributed by atoms with E-state index in [2.05, 4.69) is 0 Å². The molecule has 0 atom stereocenters. The van der Waals surface area contributed by atoms with Crippen molar-refractivity contribution in [3.05, 3.63) is 29.8 Å². The van der Waals surface area contributed by atoms with Gasteiger partial charge in [0.05, 0.1) is 0 Å². The minimum Gasteiger partial charge on any atom is -0.488 e. The Hall–Kier alpha value is -1.16. The van der Waals surface area contributed by atoms with Crippen LogP contribution in [0, 0.1) is 0 Å². The van der Waals surface area contributed by atoms with Crippen molar-refractivity contribution in [1.82, 2.24) is 0 Å². The number of ether oxygens (including phenoxy) is 2. The lowest BCUT2D eigenvalue weighted by atomic mass is 10.2. The van der Waals surface area contributed by atoms with Crippen molar-refractivity contribution in [2.45, 2.75) is 33.0 Å². The quantitative estimate of drug-likeness (QED) is 0.767. The van der Waals surface area contributed by atoms with Crippen molar-refractivity contribution >= 4 is 17.1 Å². The molecule has 0 fully saturated rings. The summed E-state index contributed by atoms with van der Waals surface area (Å²) in [5.41, 5.74) is 0.751. The van der Waals surface area contributed by atoms with Crippen LogP contribution >= 0.6 is 11.8 Å². The smallest absolute Gasteiger partial charge is 0.367 e. The second-order valence-electron chi connectivity index (χ2n) is 4.60. The molecule has 0 amide bonds. The molecule has 0 N–H and O–H groups in total. The Kier molecular flexibility index (Phi) is 4.87. The summed E-state index contributed by atoms with van der Waals surface area (Å²) in [6.07, 6.45) is 1.70. The lowest BCUT2D eigenvalue weighted by Gasteiger charge is -2.21. The Labute approximate surface area is 106 Å². The maximum atomic E-state index is 11.0. The third-order valence-electron chi connectivity index (χ3n) is 1.87. The predicted molar refractivity (Wildman–Crippen MR) is 70.5 cm³/mol. The molecule has 0 aliphatic heterocycles. The van der Waals surface area contributed by atoms with Crippen molar-refractivity contribution in [3.8, 4) is 5.75 Å². The predicted octanol–water partition coefficient (Wildman–Crippen LogP) is 3.86. The summed E-state index contributed by atoms with van der Waals surface area (Å²) in [5, 5.41) is -0.264. The van der Waals surface area contributed by atoms with E-state index in [-0.39, 0.29) is 10.9 Å². The van der Waals surface area contributed by atoms with E-state index >= 15 is 0 Å². The van der Waals surface area contributed by atoms with Crippen molar-refractivity contribution in [2.75, 3.05) is 6.26 Å². The van der Waals surface area contributed by atoms with Crippen LogP contribution in [0.2, 0.25) is 0 Å². The van der Waals surface area contributed by atoms with Gasteiger partial charge in [-0.1, -0.05) is 12.1 Å². The molecule has 0 heterocycles. The van der Waals surface area contributed by atoms with Crippen LogP contribution in [-0.4, -0.2) is 17.2 Å². The van der Waals surface area contributed by atoms with E-state index in [1.54, 1.807) is 6.26 Å². The first-order valence-corrected chi connectivity index (χ1v) is 6.62. The first-order valence-electron chi connectivity index (χ1n) is 5.39. The van der Waals surface area contributed by atoms with Gasteiger partial charge in [0.15, 0.2) is 0 Å². The molecular formula is C13H18O3S. The average Bonchev–Trinajstić information content (AvgIpc) is 2.25. The zero-order valence-electron chi connectivity index (χ0n) is 10.6. The first-order chi connectivity index (χ1) is 7.90. The minimum atomic E-state index is -0.264. The molecule has 1 aromatic carbocycles. The number of rotatable bonds is 3. The Balaban J connectivity index is 2.53. The molecule has 0 spiro atoms. The maximum absolute atomic E-state index is 11.0. The van der Waals surface area contributed by atoms with Gasteiger partial charge in [-0.25, -0.2) is 4.79 Å². The van der Waals surface area contributed by atoms with Gasteiger partial charge in [-0.15, -0.1) is 0 Å². The lowest BCUT2D eigenvalue weighted by Crippen LogP contribution is -2.22. The van der Waals surface area contributed by atoms with Crippen LogP contribution in [0.25, 0.3) is 0 Å². The van der Waals surface area contributed by atoms with Crippen LogP contribution in [0.5, 0.6) is 5.75 Å². The summed E-state index contributed by atoms with van der Waals surface area (Å²) >= 11 is 1.07. The highest BCUT2D eigenvalue weighted by atomic mass is 32.2. The van der Waals surface area contributed by atoms with Gasteiger partial charge in [0.1, 0.15) is 18.0 Å². The fourth-order valence-corrected chi connectivity index (χ4v) is 1.39. The largest absolute Gasteiger partial charge is 0.488 e. The van der Waals surface area contributed by atoms with Gasteiger partial charge in [-0.05, 0) is 56.5 Å². The third-order valence-corrected chi connectivity index (χ3v) is 2.32. The SMILES string of the molecule is CSC(=O)OCc1ccc(OC(C)(C)C)cc1. The van der Waals surface area contributed by atoms with Crippen LogP contribution in [0.1, 0.15) is 26.3 Å². The van der Waals surface area contributed by atoms with E-state index in [4.69, 9.17) is 9.47 Å². The molecular weight excluding hydrogens is 236 g/mol. The second kappa shape index (κ2) is 5.96. The summed E-state index contributed by atoms with van der Waals surface area (Å²) in [4.78, 5) is 11.0. The molecule has 0 bridgehead atoms. The number of carbonyl (C=O) groups excluding carboxylic acids is 1. The van der Waals surface area contributed by atoms with Crippen molar-refractivity contribution in [1.29, 1.82) is 0 Å². The average molecular weight is 254 g/mol. The Morgan fingerprint density at radius 2 is 1.82 bits per heavy atom. The molecule has 0 saturated carbocycles. The maximum Gasteiger partial charge on any atom is 0.367 e. The summed E-state index contributed by atoms with van der Waals surface area (Å²) in [7, 11) is 0. The van der Waals surface area contributed by atoms with Crippen LogP contribution in [0.4, 0.5) is 4.79 Å². The molecule has 0 unspecified atom stereocenters. The zero-order chi connectivity index (χ0) is 12.9. The summed E-state index contributed by atoms with van der Waals surface area (Å²) in [5.74, 6) is 0.817. The molecule has 4 heteroatoms. The van der Waals surface area contributed by atoms with E-state index in [0.29, 0.717) is 6.61 Å². The Bertz CT molecular complexity index is 365. The van der Waals surface area contributed by atoms with Crippen LogP contribution in [-0.2, 0) is 11.3 Å². The standard InChI is InChI=1S/C13H18O3S/c1-13(2,3)16-11-7-5-10(6-8-11)9-15-12(14)17-4/h5-8H,9H2,1-4H3. The first kappa shape index (κ1) is 13.9. The van der Waals surface area contributed by atoms with E-state index < -0.39 is 0 Å². The van der Waals surface area contributed by atoms with E-state index in [1.807, 2.05) is 45.0 Å². The highest BCUT2D eigenvalue weighted by Crippen LogP contribution is 2.19. The fraction of sp³-hybridized carbons (Fsp3) is 0.462. The molecule has 1 aromatic rings. The lowest BCUT2D eigenvalue weighted by molar-refractivity contribution is 0.131. The van der Waals surface area contributed by atoms with Crippen molar-refractivity contribution in [3.63, 3.8) is 0 Å². The highest BCUT2D eigenvalue weighted by Gasteiger charge is 2.11. The Morgan fingerprint density at radius 3 is 2.29 bits per heavy atom. The normalized spacial score (nSPS) is 11.1. The van der Waals surface area contributed by atoms with Gasteiger partial charge in [-0.2, -0.15) is 0 Å². The number of thioether (sulfide) groups is 1. The van der Waals surface area contributed by atoms with Gasteiger partial charge in [0, 0.05) is 0 Å². The second-order valence-corrected chi connectivity index (χ2v) is 5.34. The van der Waals surface area contributed by atoms with Gasteiger partial charge in [-0.3, -0.25) is 0 Å². The molecule has 0 saturated heterocycles. The zero-order valence-corrected chi connectivity index (χ0v) is 11.5. The van der Waals surface area contributed by atoms with Crippen molar-refractivity contribution in [2.24, 2.45) is 0 Å². The van der Waals surface area contributed by atoms with E-state index in [9.17, 15) is 4.79 Å². The monoisotopic (exact) mass is 254 g/mol. The fourth-order valence-electron chi connectivity index (χ4n) is 1.21. The number of benzene rings is 1. The Morgan fingerprint density at radius 1 is 1.24 bits per heavy atom. The summed E-state index contributed by atoms with van der Waals surface area (Å²) < 4.78 is 10.7. The van der Waals surface area contributed by atoms with Gasteiger partial charge in [0.25, 0.3) is 0 Å². The van der Waals surface area contributed by atoms with Crippen LogP contribution < -0.4 is 4.74 Å². The van der Waals surface area contributed by atoms with Crippen LogP contribution in [0.3, 0.4) is 0 Å². The van der Waals surface area contributed by atoms with Crippen LogP contribution in [0.15, 0.2) is 24.3 Å². The van der Waals surface area contributed by atoms with Gasteiger partial charge < -0.3 is 9.47 Å². The molecule has 3 nitrogen and oxygen atoms in total. The van der Waals surface area contributed by atoms with Gasteiger partial charge >= 0.3 is 5.30 Å². The van der Waals surface area contributed by atoms with E-state index in [1.165, 1.54) is 0 Å². The molecule has 0 aliphatic carbocycles. The highest BCUT2D eigenvalue weighted by molar-refractivity contribution is 8.12. The molecule has 1 rings (SSSR count). The minimum absolute atomic E-state index is 0.202. The third kappa shape index (κ3) is 5.63. The van der Waals surface area contributed by atoms with E-state index in [0.717, 1.165) is 23.1 Å². The molecule has 94 valence electrons. The number of carbonyl (C=O) groups is 1. The molecule has 0 aromatic heterocycles. The number of hydrogen-bond donors (Lipinski definition) is 0. The topological polar surface area (TPSA) is 35.5 Å².